The number of hydrogen-bond acceptors (Lipinski definition) is 2. The van der Waals surface area contributed by atoms with Crippen LogP contribution in [0.25, 0.3) is 0 Å². The van der Waals surface area contributed by atoms with Gasteiger partial charge in [0.05, 0.1) is 0 Å². The molecule has 0 aromatic carbocycles. The van der Waals surface area contributed by atoms with Crippen LogP contribution in [0.1, 0.15) is 20.8 Å². The van der Waals surface area contributed by atoms with Gasteiger partial charge in [0.15, 0.2) is 0 Å². The fourth-order valence-corrected chi connectivity index (χ4v) is 0.655. The second kappa shape index (κ2) is 4.26. The highest BCUT2D eigenvalue weighted by molar-refractivity contribution is 5.77. The third-order valence-corrected chi connectivity index (χ3v) is 2.09. The maximum atomic E-state index is 10.8. The number of carboxylic acid groups (broad SMARTS) is 1. The molecule has 1 N–H and O–H groups in total. The molecule has 0 spiro atoms. The van der Waals surface area contributed by atoms with E-state index in [4.69, 9.17) is 5.11 Å². The van der Waals surface area contributed by atoms with Crippen molar-refractivity contribution in [2.45, 2.75) is 26.3 Å². The van der Waals surface area contributed by atoms with Crippen LogP contribution in [0, 0.1) is 0 Å². The lowest BCUT2D eigenvalue weighted by molar-refractivity contribution is -0.148. The van der Waals surface area contributed by atoms with Gasteiger partial charge in [0.1, 0.15) is 5.54 Å². The van der Waals surface area contributed by atoms with Crippen molar-refractivity contribution in [1.29, 1.82) is 0 Å². The second-order valence-electron chi connectivity index (χ2n) is 3.31. The van der Waals surface area contributed by atoms with Crippen LogP contribution in [0.3, 0.4) is 0 Å². The van der Waals surface area contributed by atoms with Crippen molar-refractivity contribution < 1.29 is 9.90 Å². The van der Waals surface area contributed by atoms with Crippen molar-refractivity contribution in [3.05, 3.63) is 12.2 Å². The molecule has 0 amide bonds. The molecule has 12 heavy (non-hydrogen) atoms. The van der Waals surface area contributed by atoms with Crippen LogP contribution in [-0.2, 0) is 4.79 Å². The highest BCUT2D eigenvalue weighted by Gasteiger charge is 2.30. The molecule has 0 fully saturated rings. The van der Waals surface area contributed by atoms with Crippen LogP contribution < -0.4 is 0 Å². The number of rotatable bonds is 4. The molecule has 0 aliphatic rings. The number of carboxylic acids is 1. The molecule has 0 unspecified atom stereocenters. The standard InChI is InChI=1S/C9H17NO2/c1-5-6-7-10(4)9(2,3)8(11)12/h5-6H,7H2,1-4H3,(H,11,12). The summed E-state index contributed by atoms with van der Waals surface area (Å²) in [4.78, 5) is 12.5. The van der Waals surface area contributed by atoms with E-state index in [0.717, 1.165) is 0 Å². The first-order valence-corrected chi connectivity index (χ1v) is 3.98. The van der Waals surface area contributed by atoms with E-state index in [-0.39, 0.29) is 0 Å². The number of hydrogen-bond donors (Lipinski definition) is 1. The molecule has 0 aromatic rings. The summed E-state index contributed by atoms with van der Waals surface area (Å²) in [6, 6.07) is 0. The van der Waals surface area contributed by atoms with Gasteiger partial charge in [-0.05, 0) is 27.8 Å². The molecule has 3 heteroatoms. The van der Waals surface area contributed by atoms with E-state index in [2.05, 4.69) is 0 Å². The van der Waals surface area contributed by atoms with Crippen LogP contribution in [0.2, 0.25) is 0 Å². The van der Waals surface area contributed by atoms with Crippen molar-refractivity contribution >= 4 is 5.97 Å². The minimum absolute atomic E-state index is 0.662. The van der Waals surface area contributed by atoms with Crippen molar-refractivity contribution in [3.8, 4) is 0 Å². The molecular weight excluding hydrogens is 154 g/mol. The van der Waals surface area contributed by atoms with Crippen LogP contribution in [-0.4, -0.2) is 35.1 Å². The fourth-order valence-electron chi connectivity index (χ4n) is 0.655. The topological polar surface area (TPSA) is 40.5 Å². The summed E-state index contributed by atoms with van der Waals surface area (Å²) in [5.41, 5.74) is -0.792. The van der Waals surface area contributed by atoms with Crippen molar-refractivity contribution in [2.75, 3.05) is 13.6 Å². The lowest BCUT2D eigenvalue weighted by Gasteiger charge is -2.30. The van der Waals surface area contributed by atoms with Crippen LogP contribution in [0.4, 0.5) is 0 Å². The zero-order valence-corrected chi connectivity index (χ0v) is 8.16. The highest BCUT2D eigenvalue weighted by atomic mass is 16.4. The average molecular weight is 171 g/mol. The van der Waals surface area contributed by atoms with Gasteiger partial charge in [-0.25, -0.2) is 0 Å². The van der Waals surface area contributed by atoms with E-state index >= 15 is 0 Å². The molecule has 0 aliphatic carbocycles. The minimum atomic E-state index is -0.797. The Morgan fingerprint density at radius 3 is 2.42 bits per heavy atom. The minimum Gasteiger partial charge on any atom is -0.480 e. The summed E-state index contributed by atoms with van der Waals surface area (Å²) in [5, 5.41) is 8.85. The Hall–Kier alpha value is -0.830. The van der Waals surface area contributed by atoms with Crippen LogP contribution in [0.5, 0.6) is 0 Å². The van der Waals surface area contributed by atoms with Gasteiger partial charge in [0.2, 0.25) is 0 Å². The summed E-state index contributed by atoms with van der Waals surface area (Å²) in [5.74, 6) is -0.797. The number of likely N-dealkylation sites (N-methyl/N-ethyl adjacent to an activating group) is 1. The Morgan fingerprint density at radius 1 is 1.58 bits per heavy atom. The van der Waals surface area contributed by atoms with Crippen molar-refractivity contribution in [3.63, 3.8) is 0 Å². The predicted octanol–water partition coefficient (Wildman–Crippen LogP) is 1.36. The SMILES string of the molecule is CC=CCN(C)C(C)(C)C(=O)O. The number of nitrogens with zero attached hydrogens (tertiary/aromatic N) is 1. The molecule has 0 rings (SSSR count). The largest absolute Gasteiger partial charge is 0.480 e. The Kier molecular flexibility index (Phi) is 3.96. The Bertz CT molecular complexity index is 185. The lowest BCUT2D eigenvalue weighted by atomic mass is 10.0. The van der Waals surface area contributed by atoms with Crippen molar-refractivity contribution in [2.24, 2.45) is 0 Å². The first kappa shape index (κ1) is 11.2. The number of aliphatic carboxylic acids is 1. The van der Waals surface area contributed by atoms with Gasteiger partial charge in [-0.2, -0.15) is 0 Å². The third kappa shape index (κ3) is 2.66. The maximum Gasteiger partial charge on any atom is 0.323 e. The number of carbonyl (C=O) groups is 1. The first-order valence-electron chi connectivity index (χ1n) is 3.98. The van der Waals surface area contributed by atoms with E-state index in [1.807, 2.05) is 19.1 Å². The summed E-state index contributed by atoms with van der Waals surface area (Å²) >= 11 is 0. The average Bonchev–Trinajstić information content (AvgIpc) is 1.99. The monoisotopic (exact) mass is 171 g/mol. The molecule has 0 heterocycles. The van der Waals surface area contributed by atoms with E-state index in [1.54, 1.807) is 25.8 Å². The van der Waals surface area contributed by atoms with E-state index < -0.39 is 11.5 Å². The van der Waals surface area contributed by atoms with E-state index in [1.165, 1.54) is 0 Å². The number of allylic oxidation sites excluding steroid dienone is 1. The zero-order chi connectivity index (χ0) is 9.78. The summed E-state index contributed by atoms with van der Waals surface area (Å²) in [6.45, 7) is 5.97. The molecule has 0 aromatic heterocycles. The Labute approximate surface area is 73.7 Å². The van der Waals surface area contributed by atoms with Crippen LogP contribution >= 0.6 is 0 Å². The van der Waals surface area contributed by atoms with E-state index in [9.17, 15) is 4.79 Å². The Morgan fingerprint density at radius 2 is 2.08 bits per heavy atom. The normalized spacial score (nSPS) is 12.8. The fraction of sp³-hybridized carbons (Fsp3) is 0.667. The first-order chi connectivity index (χ1) is 5.42. The molecule has 0 saturated carbocycles. The predicted molar refractivity (Wildman–Crippen MR) is 49.2 cm³/mol. The van der Waals surface area contributed by atoms with Crippen molar-refractivity contribution in [1.82, 2.24) is 4.90 Å². The molecule has 70 valence electrons. The zero-order valence-electron chi connectivity index (χ0n) is 8.16. The van der Waals surface area contributed by atoms with Gasteiger partial charge < -0.3 is 5.11 Å². The molecular formula is C9H17NO2. The highest BCUT2D eigenvalue weighted by Crippen LogP contribution is 2.11. The summed E-state index contributed by atoms with van der Waals surface area (Å²) < 4.78 is 0. The van der Waals surface area contributed by atoms with Gasteiger partial charge in [0, 0.05) is 6.54 Å². The van der Waals surface area contributed by atoms with Crippen LogP contribution in [0.15, 0.2) is 12.2 Å². The van der Waals surface area contributed by atoms with Gasteiger partial charge in [-0.3, -0.25) is 9.69 Å². The molecule has 0 aliphatic heterocycles. The quantitative estimate of drug-likeness (QED) is 0.649. The summed E-state index contributed by atoms with van der Waals surface area (Å²) in [7, 11) is 1.80. The molecule has 0 saturated heterocycles. The van der Waals surface area contributed by atoms with E-state index in [0.29, 0.717) is 6.54 Å². The molecule has 3 nitrogen and oxygen atoms in total. The molecule has 0 atom stereocenters. The Balaban J connectivity index is 4.24. The smallest absolute Gasteiger partial charge is 0.323 e. The van der Waals surface area contributed by atoms with Gasteiger partial charge in [-0.1, -0.05) is 12.2 Å². The van der Waals surface area contributed by atoms with Gasteiger partial charge in [-0.15, -0.1) is 0 Å². The maximum absolute atomic E-state index is 10.8. The molecule has 0 radical (unpaired) electrons. The second-order valence-corrected chi connectivity index (χ2v) is 3.31. The van der Waals surface area contributed by atoms with Gasteiger partial charge in [0.25, 0.3) is 0 Å². The summed E-state index contributed by atoms with van der Waals surface area (Å²) in [6.07, 6.45) is 3.85. The van der Waals surface area contributed by atoms with Gasteiger partial charge >= 0.3 is 5.97 Å². The third-order valence-electron chi connectivity index (χ3n) is 2.09. The lowest BCUT2D eigenvalue weighted by Crippen LogP contribution is -2.47. The molecule has 0 bridgehead atoms.